The molecule has 0 spiro atoms. The summed E-state index contributed by atoms with van der Waals surface area (Å²) in [6, 6.07) is 92.4. The smallest absolute Gasteiger partial charge is 0.0540 e. The zero-order valence-electron chi connectivity index (χ0n) is 36.6. The number of hydrogen-bond donors (Lipinski definition) is 0. The first-order valence-electron chi connectivity index (χ1n) is 22.5. The van der Waals surface area contributed by atoms with E-state index in [1.54, 1.807) is 0 Å². The molecule has 0 aromatic heterocycles. The second-order valence-electron chi connectivity index (χ2n) is 17.3. The zero-order valence-corrected chi connectivity index (χ0v) is 36.6. The summed E-state index contributed by atoms with van der Waals surface area (Å²) in [7, 11) is 0. The van der Waals surface area contributed by atoms with Crippen molar-refractivity contribution in [3.63, 3.8) is 0 Å². The molecule has 0 amide bonds. The Hall–Kier alpha value is -8.20. The van der Waals surface area contributed by atoms with Gasteiger partial charge in [-0.3, -0.25) is 0 Å². The lowest BCUT2D eigenvalue weighted by Crippen LogP contribution is -2.15. The van der Waals surface area contributed by atoms with Crippen LogP contribution in [-0.4, -0.2) is 0 Å². The van der Waals surface area contributed by atoms with Crippen LogP contribution < -0.4 is 9.80 Å². The molecule has 0 saturated carbocycles. The summed E-state index contributed by atoms with van der Waals surface area (Å²) in [5.41, 5.74) is 21.4. The summed E-state index contributed by atoms with van der Waals surface area (Å²) in [5, 5.41) is 0. The topological polar surface area (TPSA) is 6.48 Å². The van der Waals surface area contributed by atoms with Gasteiger partial charge in [0.15, 0.2) is 0 Å². The van der Waals surface area contributed by atoms with Crippen molar-refractivity contribution in [1.29, 1.82) is 0 Å². The van der Waals surface area contributed by atoms with Crippen LogP contribution in [0.2, 0.25) is 0 Å². The van der Waals surface area contributed by atoms with Crippen molar-refractivity contribution in [1.82, 2.24) is 0 Å². The highest BCUT2D eigenvalue weighted by Crippen LogP contribution is 2.51. The number of nitrogens with zero attached hydrogens (tertiary/aromatic N) is 2. The van der Waals surface area contributed by atoms with Crippen LogP contribution in [0, 0.1) is 0 Å². The molecule has 11 rings (SSSR count). The molecule has 0 radical (unpaired) electrons. The molecule has 310 valence electrons. The van der Waals surface area contributed by atoms with Gasteiger partial charge in [-0.15, -0.1) is 0 Å². The highest BCUT2D eigenvalue weighted by Gasteiger charge is 2.35. The first-order chi connectivity index (χ1) is 32.0. The van der Waals surface area contributed by atoms with Crippen LogP contribution in [0.25, 0.3) is 55.6 Å². The Balaban J connectivity index is 0.988. The Bertz CT molecular complexity index is 3260. The fourth-order valence-electron chi connectivity index (χ4n) is 9.82. The average Bonchev–Trinajstić information content (AvgIpc) is 3.61. The summed E-state index contributed by atoms with van der Waals surface area (Å²) in [4.78, 5) is 4.81. The van der Waals surface area contributed by atoms with Crippen LogP contribution in [0.3, 0.4) is 0 Å². The molecule has 0 heterocycles. The Morgan fingerprint density at radius 3 is 1.17 bits per heavy atom. The first kappa shape index (κ1) is 39.6. The Labute approximate surface area is 383 Å². The van der Waals surface area contributed by atoms with Crippen molar-refractivity contribution in [2.24, 2.45) is 0 Å². The molecule has 0 atom stereocenters. The van der Waals surface area contributed by atoms with Crippen LogP contribution in [0.15, 0.2) is 255 Å². The number of para-hydroxylation sites is 2. The standard InChI is InChI=1S/C63H48N2/c1-63(2)59-30-15-12-29-57(59)58-44-54(41-42-60(58)63)65(62-32-17-14-28-56(62)49-23-10-5-11-24-49)52-39-35-47(36-40-52)46-33-37-51(38-34-46)64(53-26-18-25-50(43-53)45-19-6-3-7-20-45)61-31-16-13-27-55(61)48-21-8-4-9-22-48/h3-44H,1-2H3. The number of fused-ring (bicyclic) bond motifs is 3. The second-order valence-corrected chi connectivity index (χ2v) is 17.3. The zero-order chi connectivity index (χ0) is 43.7. The predicted molar refractivity (Wildman–Crippen MR) is 275 cm³/mol. The van der Waals surface area contributed by atoms with Crippen LogP contribution in [0.1, 0.15) is 25.0 Å². The Morgan fingerprint density at radius 1 is 0.246 bits per heavy atom. The molecule has 0 bridgehead atoms. The molecule has 2 nitrogen and oxygen atoms in total. The highest BCUT2D eigenvalue weighted by atomic mass is 15.1. The second kappa shape index (κ2) is 16.8. The van der Waals surface area contributed by atoms with Gasteiger partial charge in [0.1, 0.15) is 0 Å². The van der Waals surface area contributed by atoms with Gasteiger partial charge < -0.3 is 9.80 Å². The minimum atomic E-state index is -0.0665. The summed E-state index contributed by atoms with van der Waals surface area (Å²) < 4.78 is 0. The minimum Gasteiger partial charge on any atom is -0.310 e. The minimum absolute atomic E-state index is 0.0665. The molecule has 0 fully saturated rings. The van der Waals surface area contributed by atoms with E-state index in [1.807, 2.05) is 0 Å². The maximum atomic E-state index is 2.43. The highest BCUT2D eigenvalue weighted by molar-refractivity contribution is 5.93. The molecule has 0 aliphatic heterocycles. The van der Waals surface area contributed by atoms with Gasteiger partial charge in [0.2, 0.25) is 0 Å². The summed E-state index contributed by atoms with van der Waals surface area (Å²) in [6.45, 7) is 4.69. The number of rotatable bonds is 10. The monoisotopic (exact) mass is 832 g/mol. The van der Waals surface area contributed by atoms with Crippen LogP contribution in [0.4, 0.5) is 34.1 Å². The maximum Gasteiger partial charge on any atom is 0.0540 e. The maximum absolute atomic E-state index is 2.43. The molecule has 2 heteroatoms. The normalized spacial score (nSPS) is 12.3. The van der Waals surface area contributed by atoms with Crippen molar-refractivity contribution in [3.8, 4) is 55.6 Å². The first-order valence-corrected chi connectivity index (χ1v) is 22.5. The van der Waals surface area contributed by atoms with Crippen LogP contribution in [0.5, 0.6) is 0 Å². The number of benzene rings is 10. The van der Waals surface area contributed by atoms with Gasteiger partial charge in [-0.05, 0) is 116 Å². The third-order valence-corrected chi connectivity index (χ3v) is 13.1. The van der Waals surface area contributed by atoms with Gasteiger partial charge in [0.25, 0.3) is 0 Å². The SMILES string of the molecule is CC1(C)c2ccccc2-c2cc(N(c3ccc(-c4ccc(N(c5cccc(-c6ccccc6)c5)c5ccccc5-c5ccccc5)cc4)cc3)c3ccccc3-c3ccccc3)ccc21. The van der Waals surface area contributed by atoms with Crippen LogP contribution in [-0.2, 0) is 5.41 Å². The van der Waals surface area contributed by atoms with Gasteiger partial charge in [0, 0.05) is 39.3 Å². The van der Waals surface area contributed by atoms with E-state index in [0.717, 1.165) is 45.3 Å². The fourth-order valence-corrected chi connectivity index (χ4v) is 9.82. The Morgan fingerprint density at radius 2 is 0.631 bits per heavy atom. The van der Waals surface area contributed by atoms with Gasteiger partial charge >= 0.3 is 0 Å². The predicted octanol–water partition coefficient (Wildman–Crippen LogP) is 17.6. The van der Waals surface area contributed by atoms with E-state index in [2.05, 4.69) is 278 Å². The van der Waals surface area contributed by atoms with Crippen molar-refractivity contribution in [2.75, 3.05) is 9.80 Å². The van der Waals surface area contributed by atoms with E-state index < -0.39 is 0 Å². The molecule has 0 N–H and O–H groups in total. The molecule has 0 unspecified atom stereocenters. The van der Waals surface area contributed by atoms with E-state index >= 15 is 0 Å². The molecular weight excluding hydrogens is 785 g/mol. The average molecular weight is 833 g/mol. The molecule has 1 aliphatic rings. The molecule has 0 saturated heterocycles. The molecular formula is C63H48N2. The number of anilines is 6. The lowest BCUT2D eigenvalue weighted by Gasteiger charge is -2.29. The third-order valence-electron chi connectivity index (χ3n) is 13.1. The summed E-state index contributed by atoms with van der Waals surface area (Å²) >= 11 is 0. The van der Waals surface area contributed by atoms with Gasteiger partial charge in [-0.2, -0.15) is 0 Å². The molecule has 10 aromatic carbocycles. The Kier molecular flexibility index (Phi) is 10.3. The summed E-state index contributed by atoms with van der Waals surface area (Å²) in [5.74, 6) is 0. The third kappa shape index (κ3) is 7.39. The van der Waals surface area contributed by atoms with Gasteiger partial charge in [-0.25, -0.2) is 0 Å². The summed E-state index contributed by atoms with van der Waals surface area (Å²) in [6.07, 6.45) is 0. The van der Waals surface area contributed by atoms with Crippen molar-refractivity contribution < 1.29 is 0 Å². The fraction of sp³-hybridized carbons (Fsp3) is 0.0476. The molecule has 65 heavy (non-hydrogen) atoms. The lowest BCUT2D eigenvalue weighted by molar-refractivity contribution is 0.660. The van der Waals surface area contributed by atoms with E-state index in [-0.39, 0.29) is 5.41 Å². The molecule has 10 aromatic rings. The van der Waals surface area contributed by atoms with E-state index in [1.165, 1.54) is 55.6 Å². The van der Waals surface area contributed by atoms with Gasteiger partial charge in [-0.1, -0.05) is 208 Å². The van der Waals surface area contributed by atoms with E-state index in [4.69, 9.17) is 0 Å². The van der Waals surface area contributed by atoms with Crippen LogP contribution >= 0.6 is 0 Å². The quantitative estimate of drug-likeness (QED) is 0.135. The van der Waals surface area contributed by atoms with E-state index in [9.17, 15) is 0 Å². The van der Waals surface area contributed by atoms with Crippen molar-refractivity contribution >= 4 is 34.1 Å². The molecule has 1 aliphatic carbocycles. The number of hydrogen-bond acceptors (Lipinski definition) is 2. The van der Waals surface area contributed by atoms with Crippen molar-refractivity contribution in [3.05, 3.63) is 266 Å². The largest absolute Gasteiger partial charge is 0.310 e. The van der Waals surface area contributed by atoms with Crippen molar-refractivity contribution in [2.45, 2.75) is 19.3 Å². The van der Waals surface area contributed by atoms with Gasteiger partial charge in [0.05, 0.1) is 11.4 Å². The van der Waals surface area contributed by atoms with E-state index in [0.29, 0.717) is 0 Å². The lowest BCUT2D eigenvalue weighted by atomic mass is 9.82.